The molecule has 3 aromatic carbocycles. The zero-order valence-corrected chi connectivity index (χ0v) is 24.4. The van der Waals surface area contributed by atoms with Gasteiger partial charge in [0, 0.05) is 19.2 Å². The predicted octanol–water partition coefficient (Wildman–Crippen LogP) is 2.62. The van der Waals surface area contributed by atoms with Crippen molar-refractivity contribution in [1.29, 1.82) is 0 Å². The molecule has 44 heavy (non-hydrogen) atoms. The Bertz CT molecular complexity index is 1590. The third-order valence-electron chi connectivity index (χ3n) is 6.71. The molecule has 12 nitrogen and oxygen atoms in total. The van der Waals surface area contributed by atoms with E-state index < -0.39 is 28.3 Å². The lowest BCUT2D eigenvalue weighted by Crippen LogP contribution is -2.39. The quantitative estimate of drug-likeness (QED) is 0.231. The fourth-order valence-corrected chi connectivity index (χ4v) is 5.90. The van der Waals surface area contributed by atoms with E-state index in [4.69, 9.17) is 18.9 Å². The second kappa shape index (κ2) is 14.2. The smallest absolute Gasteiger partial charge is 0.264 e. The first-order chi connectivity index (χ1) is 21.3. The molecular formula is C30H31FN4O8S. The highest BCUT2D eigenvalue weighted by Gasteiger charge is 2.29. The first kappa shape index (κ1) is 30.8. The average Bonchev–Trinajstić information content (AvgIpc) is 3.56. The lowest BCUT2D eigenvalue weighted by Gasteiger charge is -2.25. The van der Waals surface area contributed by atoms with Crippen LogP contribution >= 0.6 is 0 Å². The summed E-state index contributed by atoms with van der Waals surface area (Å²) in [5.74, 6) is -0.406. The number of anilines is 1. The van der Waals surface area contributed by atoms with Gasteiger partial charge in [0.25, 0.3) is 21.8 Å². The highest BCUT2D eigenvalue weighted by molar-refractivity contribution is 7.92. The van der Waals surface area contributed by atoms with Crippen molar-refractivity contribution in [2.24, 2.45) is 5.10 Å². The van der Waals surface area contributed by atoms with E-state index in [9.17, 15) is 22.4 Å². The molecule has 2 aliphatic heterocycles. The van der Waals surface area contributed by atoms with Gasteiger partial charge in [-0.2, -0.15) is 5.10 Å². The van der Waals surface area contributed by atoms with E-state index in [-0.39, 0.29) is 41.6 Å². The molecule has 3 aromatic rings. The number of carbonyl (C=O) groups excluding carboxylic acids is 2. The molecule has 0 radical (unpaired) electrons. The number of hydrogen-bond acceptors (Lipinski definition) is 9. The van der Waals surface area contributed by atoms with Crippen LogP contribution in [0.1, 0.15) is 18.4 Å². The highest BCUT2D eigenvalue weighted by atomic mass is 32.2. The Morgan fingerprint density at radius 3 is 2.45 bits per heavy atom. The molecule has 1 fully saturated rings. The standard InChI is InChI=1S/C30H31FN4O8S/c31-22-5-7-23(8-6-22)35(44(38,39)26-11-12-27-28(16-26)42-15-14-41-27)19-29(36)34-33-17-21-3-9-24(10-4-21)43-20-30(37)32-18-25-2-1-13-40-25/h3-12,16-17,25H,1-2,13-15,18-20H2,(H,32,37)(H,34,36)/b33-17-/t25-/m1/s1. The van der Waals surface area contributed by atoms with Crippen LogP contribution in [0.15, 0.2) is 76.7 Å². The van der Waals surface area contributed by atoms with Crippen LogP contribution in [0.2, 0.25) is 0 Å². The number of nitrogens with one attached hydrogen (secondary N) is 2. The van der Waals surface area contributed by atoms with Crippen molar-refractivity contribution in [2.75, 3.05) is 43.8 Å². The maximum atomic E-state index is 13.6. The van der Waals surface area contributed by atoms with Gasteiger partial charge in [0.15, 0.2) is 18.1 Å². The number of rotatable bonds is 12. The Balaban J connectivity index is 1.18. The van der Waals surface area contributed by atoms with E-state index >= 15 is 0 Å². The number of halogens is 1. The number of hydrazone groups is 1. The van der Waals surface area contributed by atoms with Gasteiger partial charge in [-0.3, -0.25) is 13.9 Å². The van der Waals surface area contributed by atoms with Crippen LogP contribution in [0.3, 0.4) is 0 Å². The monoisotopic (exact) mass is 626 g/mol. The summed E-state index contributed by atoms with van der Waals surface area (Å²) < 4.78 is 63.7. The summed E-state index contributed by atoms with van der Waals surface area (Å²) in [4.78, 5) is 24.7. The van der Waals surface area contributed by atoms with E-state index in [2.05, 4.69) is 15.8 Å². The summed E-state index contributed by atoms with van der Waals surface area (Å²) >= 11 is 0. The molecular weight excluding hydrogens is 595 g/mol. The Morgan fingerprint density at radius 2 is 1.73 bits per heavy atom. The Labute approximate surface area is 253 Å². The average molecular weight is 627 g/mol. The van der Waals surface area contributed by atoms with Crippen LogP contribution in [0.4, 0.5) is 10.1 Å². The second-order valence-corrected chi connectivity index (χ2v) is 11.7. The molecule has 2 N–H and O–H groups in total. The highest BCUT2D eigenvalue weighted by Crippen LogP contribution is 2.34. The van der Waals surface area contributed by atoms with E-state index in [1.54, 1.807) is 24.3 Å². The summed E-state index contributed by atoms with van der Waals surface area (Å²) in [5, 5.41) is 6.70. The zero-order valence-electron chi connectivity index (χ0n) is 23.6. The third kappa shape index (κ3) is 8.02. The van der Waals surface area contributed by atoms with Crippen LogP contribution in [-0.2, 0) is 24.3 Å². The number of fused-ring (bicyclic) bond motifs is 1. The summed E-state index contributed by atoms with van der Waals surface area (Å²) in [5.41, 5.74) is 3.01. The van der Waals surface area contributed by atoms with Crippen molar-refractivity contribution < 1.29 is 41.3 Å². The largest absolute Gasteiger partial charge is 0.486 e. The van der Waals surface area contributed by atoms with Gasteiger partial charge in [-0.25, -0.2) is 18.2 Å². The minimum atomic E-state index is -4.28. The summed E-state index contributed by atoms with van der Waals surface area (Å²) in [7, 11) is -4.28. The van der Waals surface area contributed by atoms with Gasteiger partial charge in [0.05, 0.1) is 22.9 Å². The fraction of sp³-hybridized carbons (Fsp3) is 0.300. The first-order valence-corrected chi connectivity index (χ1v) is 15.3. The van der Waals surface area contributed by atoms with Gasteiger partial charge >= 0.3 is 0 Å². The van der Waals surface area contributed by atoms with E-state index in [1.807, 2.05) is 0 Å². The van der Waals surface area contributed by atoms with Crippen molar-refractivity contribution in [3.05, 3.63) is 78.1 Å². The Kier molecular flexibility index (Phi) is 9.92. The summed E-state index contributed by atoms with van der Waals surface area (Å²) in [6, 6.07) is 15.5. The van der Waals surface area contributed by atoms with Crippen molar-refractivity contribution in [3.63, 3.8) is 0 Å². The van der Waals surface area contributed by atoms with Crippen molar-refractivity contribution in [2.45, 2.75) is 23.8 Å². The van der Waals surface area contributed by atoms with E-state index in [0.29, 0.717) is 30.2 Å². The molecule has 0 spiro atoms. The van der Waals surface area contributed by atoms with Gasteiger partial charge in [0.1, 0.15) is 31.3 Å². The van der Waals surface area contributed by atoms with Gasteiger partial charge in [0.2, 0.25) is 0 Å². The molecule has 1 saturated heterocycles. The molecule has 2 aliphatic rings. The Hall–Kier alpha value is -4.69. The molecule has 5 rings (SSSR count). The van der Waals surface area contributed by atoms with E-state index in [0.717, 1.165) is 35.9 Å². The molecule has 1 atom stereocenters. The number of benzene rings is 3. The molecule has 0 bridgehead atoms. The predicted molar refractivity (Wildman–Crippen MR) is 158 cm³/mol. The number of sulfonamides is 1. The van der Waals surface area contributed by atoms with Crippen molar-refractivity contribution in [1.82, 2.24) is 10.7 Å². The molecule has 0 unspecified atom stereocenters. The van der Waals surface area contributed by atoms with Crippen LogP contribution in [0, 0.1) is 5.82 Å². The van der Waals surface area contributed by atoms with E-state index in [1.165, 1.54) is 36.5 Å². The van der Waals surface area contributed by atoms with Crippen molar-refractivity contribution >= 4 is 33.7 Å². The van der Waals surface area contributed by atoms with Crippen LogP contribution in [0.25, 0.3) is 0 Å². The summed E-state index contributed by atoms with van der Waals surface area (Å²) in [6.07, 6.45) is 3.34. The third-order valence-corrected chi connectivity index (χ3v) is 8.48. The second-order valence-electron chi connectivity index (χ2n) is 9.88. The first-order valence-electron chi connectivity index (χ1n) is 13.9. The molecule has 232 valence electrons. The fourth-order valence-electron chi connectivity index (χ4n) is 4.46. The maximum absolute atomic E-state index is 13.6. The number of amides is 2. The molecule has 2 amide bonds. The normalized spacial score (nSPS) is 16.0. The van der Waals surface area contributed by atoms with Crippen LogP contribution in [0.5, 0.6) is 17.2 Å². The molecule has 0 saturated carbocycles. The van der Waals surface area contributed by atoms with Gasteiger partial charge < -0.3 is 24.3 Å². The minimum absolute atomic E-state index is 0.0492. The SMILES string of the molecule is O=C(COc1ccc(/C=N\NC(=O)CN(c2ccc(F)cc2)S(=O)(=O)c2ccc3c(c2)OCCO3)cc1)NC[C@H]1CCCO1. The maximum Gasteiger partial charge on any atom is 0.264 e. The molecule has 0 aromatic heterocycles. The lowest BCUT2D eigenvalue weighted by atomic mass is 10.2. The molecule has 14 heteroatoms. The lowest BCUT2D eigenvalue weighted by molar-refractivity contribution is -0.123. The van der Waals surface area contributed by atoms with Gasteiger partial charge in [-0.1, -0.05) is 0 Å². The van der Waals surface area contributed by atoms with Crippen LogP contribution in [-0.4, -0.2) is 72.1 Å². The van der Waals surface area contributed by atoms with Crippen molar-refractivity contribution in [3.8, 4) is 17.2 Å². The molecule has 2 heterocycles. The number of nitrogens with zero attached hydrogens (tertiary/aromatic N) is 2. The number of ether oxygens (including phenoxy) is 4. The van der Waals surface area contributed by atoms with Gasteiger partial charge in [-0.15, -0.1) is 0 Å². The topological polar surface area (TPSA) is 145 Å². The summed E-state index contributed by atoms with van der Waals surface area (Å²) in [6.45, 7) is 0.999. The Morgan fingerprint density at radius 1 is 0.977 bits per heavy atom. The minimum Gasteiger partial charge on any atom is -0.486 e. The zero-order chi connectivity index (χ0) is 30.9. The van der Waals surface area contributed by atoms with Gasteiger partial charge in [-0.05, 0) is 79.1 Å². The van der Waals surface area contributed by atoms with Crippen LogP contribution < -0.4 is 29.3 Å². The number of carbonyl (C=O) groups is 2. The number of hydrogen-bond donors (Lipinski definition) is 2. The molecule has 0 aliphatic carbocycles.